The Morgan fingerprint density at radius 1 is 0.897 bits per heavy atom. The van der Waals surface area contributed by atoms with Gasteiger partial charge in [-0.25, -0.2) is 12.4 Å². The number of benzene rings is 3. The summed E-state index contributed by atoms with van der Waals surface area (Å²) in [6.45, 7) is 1.60. The van der Waals surface area contributed by atoms with E-state index in [1.54, 1.807) is 86.8 Å². The van der Waals surface area contributed by atoms with Gasteiger partial charge in [-0.15, -0.1) is 0 Å². The second-order valence-electron chi connectivity index (χ2n) is 6.97. The predicted octanol–water partition coefficient (Wildman–Crippen LogP) is 4.14. The van der Waals surface area contributed by atoms with Crippen molar-refractivity contribution in [2.45, 2.75) is 17.4 Å². The molecule has 148 valence electrons. The lowest BCUT2D eigenvalue weighted by molar-refractivity contribution is 0.0968. The molecule has 0 aliphatic heterocycles. The largest absolute Gasteiger partial charge is 0.497 e. The third kappa shape index (κ3) is 3.20. The predicted molar refractivity (Wildman–Crippen MR) is 113 cm³/mol. The van der Waals surface area contributed by atoms with Gasteiger partial charge in [-0.3, -0.25) is 0 Å². The average Bonchev–Trinajstić information content (AvgIpc) is 3.16. The standard InChI is InChI=1S/C23H21NO4S/c1-23(25,18-12-14-19(28-2)15-13-18)22-16-17-8-6-7-11-21(17)24(22)29(26,27)20-9-4-3-5-10-20/h3-16,25H,1-2H3. The Labute approximate surface area is 169 Å². The number of hydrogen-bond acceptors (Lipinski definition) is 4. The zero-order chi connectivity index (χ0) is 20.6. The van der Waals surface area contributed by atoms with Crippen LogP contribution in [-0.2, 0) is 15.6 Å². The summed E-state index contributed by atoms with van der Waals surface area (Å²) in [4.78, 5) is 0.160. The SMILES string of the molecule is COc1ccc(C(C)(O)c2cc3ccccc3n2S(=O)(=O)c2ccccc2)cc1. The maximum atomic E-state index is 13.5. The molecule has 29 heavy (non-hydrogen) atoms. The van der Waals surface area contributed by atoms with Gasteiger partial charge < -0.3 is 9.84 Å². The molecule has 1 heterocycles. The van der Waals surface area contributed by atoms with Crippen LogP contribution in [0.15, 0.2) is 89.8 Å². The molecule has 0 amide bonds. The Kier molecular flexibility index (Phi) is 4.68. The zero-order valence-corrected chi connectivity index (χ0v) is 16.9. The molecule has 0 spiro atoms. The van der Waals surface area contributed by atoms with Crippen LogP contribution in [0.2, 0.25) is 0 Å². The van der Waals surface area contributed by atoms with Gasteiger partial charge in [0.1, 0.15) is 11.4 Å². The summed E-state index contributed by atoms with van der Waals surface area (Å²) >= 11 is 0. The Balaban J connectivity index is 1.99. The minimum absolute atomic E-state index is 0.160. The molecule has 4 aromatic rings. The summed E-state index contributed by atoms with van der Waals surface area (Å²) in [5.74, 6) is 0.655. The lowest BCUT2D eigenvalue weighted by Crippen LogP contribution is -2.29. The van der Waals surface area contributed by atoms with Crippen LogP contribution >= 0.6 is 0 Å². The van der Waals surface area contributed by atoms with E-state index in [4.69, 9.17) is 4.74 Å². The molecule has 6 heteroatoms. The summed E-state index contributed by atoms with van der Waals surface area (Å²) in [5.41, 5.74) is -0.203. The van der Waals surface area contributed by atoms with E-state index in [2.05, 4.69) is 0 Å². The molecule has 1 unspecified atom stereocenters. The van der Waals surface area contributed by atoms with Crippen molar-refractivity contribution < 1.29 is 18.3 Å². The van der Waals surface area contributed by atoms with E-state index < -0.39 is 15.6 Å². The lowest BCUT2D eigenvalue weighted by Gasteiger charge is -2.26. The minimum Gasteiger partial charge on any atom is -0.497 e. The molecule has 3 aromatic carbocycles. The summed E-state index contributed by atoms with van der Waals surface area (Å²) in [6.07, 6.45) is 0. The third-order valence-corrected chi connectivity index (χ3v) is 6.84. The van der Waals surface area contributed by atoms with Crippen LogP contribution in [-0.4, -0.2) is 24.6 Å². The second kappa shape index (κ2) is 7.06. The maximum Gasteiger partial charge on any atom is 0.268 e. The van der Waals surface area contributed by atoms with Crippen LogP contribution in [0, 0.1) is 0 Å². The Morgan fingerprint density at radius 2 is 1.52 bits per heavy atom. The van der Waals surface area contributed by atoms with Crippen molar-refractivity contribution in [1.82, 2.24) is 3.97 Å². The number of fused-ring (bicyclic) bond motifs is 1. The van der Waals surface area contributed by atoms with Crippen molar-refractivity contribution in [3.8, 4) is 5.75 Å². The quantitative estimate of drug-likeness (QED) is 0.540. The van der Waals surface area contributed by atoms with Crippen LogP contribution in [0.4, 0.5) is 0 Å². The van der Waals surface area contributed by atoms with Gasteiger partial charge in [-0.05, 0) is 48.9 Å². The molecule has 0 saturated carbocycles. The van der Waals surface area contributed by atoms with Crippen molar-refractivity contribution in [3.63, 3.8) is 0 Å². The molecule has 0 aliphatic carbocycles. The first-order valence-corrected chi connectivity index (χ1v) is 10.6. The zero-order valence-electron chi connectivity index (χ0n) is 16.1. The highest BCUT2D eigenvalue weighted by molar-refractivity contribution is 7.90. The van der Waals surface area contributed by atoms with E-state index in [0.717, 1.165) is 5.39 Å². The highest BCUT2D eigenvalue weighted by Crippen LogP contribution is 2.36. The number of rotatable bonds is 5. The van der Waals surface area contributed by atoms with Gasteiger partial charge in [0.25, 0.3) is 10.0 Å². The minimum atomic E-state index is -3.92. The van der Waals surface area contributed by atoms with E-state index in [1.807, 2.05) is 12.1 Å². The Bertz CT molecular complexity index is 1260. The summed E-state index contributed by atoms with van der Waals surface area (Å²) in [7, 11) is -2.36. The van der Waals surface area contributed by atoms with Crippen LogP contribution in [0.25, 0.3) is 10.9 Å². The highest BCUT2D eigenvalue weighted by Gasteiger charge is 2.34. The Hall–Kier alpha value is -3.09. The van der Waals surface area contributed by atoms with Crippen LogP contribution in [0.1, 0.15) is 18.2 Å². The van der Waals surface area contributed by atoms with Crippen molar-refractivity contribution in [2.24, 2.45) is 0 Å². The maximum absolute atomic E-state index is 13.5. The normalized spacial score (nSPS) is 13.9. The average molecular weight is 407 g/mol. The number of aromatic nitrogens is 1. The highest BCUT2D eigenvalue weighted by atomic mass is 32.2. The number of methoxy groups -OCH3 is 1. The fourth-order valence-corrected chi connectivity index (χ4v) is 5.12. The van der Waals surface area contributed by atoms with E-state index >= 15 is 0 Å². The summed E-state index contributed by atoms with van der Waals surface area (Å²) < 4.78 is 33.5. The molecular formula is C23H21NO4S. The van der Waals surface area contributed by atoms with Gasteiger partial charge in [0.15, 0.2) is 0 Å². The molecule has 1 atom stereocenters. The summed E-state index contributed by atoms with van der Waals surface area (Å²) in [6, 6.07) is 24.1. The number of nitrogens with zero attached hydrogens (tertiary/aromatic N) is 1. The fourth-order valence-electron chi connectivity index (χ4n) is 3.49. The van der Waals surface area contributed by atoms with Crippen molar-refractivity contribution in [2.75, 3.05) is 7.11 Å². The molecule has 4 rings (SSSR count). The van der Waals surface area contributed by atoms with Gasteiger partial charge in [-0.2, -0.15) is 0 Å². The molecule has 0 radical (unpaired) electrons. The number of aliphatic hydroxyl groups is 1. The molecular weight excluding hydrogens is 386 g/mol. The fraction of sp³-hybridized carbons (Fsp3) is 0.130. The van der Waals surface area contributed by atoms with Crippen molar-refractivity contribution in [1.29, 1.82) is 0 Å². The van der Waals surface area contributed by atoms with Gasteiger partial charge in [0, 0.05) is 5.39 Å². The molecule has 0 fully saturated rings. The van der Waals surface area contributed by atoms with E-state index in [1.165, 1.54) is 3.97 Å². The molecule has 0 aliphatic rings. The second-order valence-corrected chi connectivity index (χ2v) is 8.76. The first-order chi connectivity index (χ1) is 13.9. The van der Waals surface area contributed by atoms with Gasteiger partial charge in [-0.1, -0.05) is 48.5 Å². The number of ether oxygens (including phenoxy) is 1. The van der Waals surface area contributed by atoms with Crippen molar-refractivity contribution in [3.05, 3.63) is 96.2 Å². The molecule has 1 aromatic heterocycles. The first-order valence-electron chi connectivity index (χ1n) is 9.14. The third-order valence-electron chi connectivity index (χ3n) is 5.10. The van der Waals surface area contributed by atoms with E-state index in [-0.39, 0.29) is 10.6 Å². The first kappa shape index (κ1) is 19.2. The molecule has 0 bridgehead atoms. The van der Waals surface area contributed by atoms with E-state index in [0.29, 0.717) is 16.8 Å². The van der Waals surface area contributed by atoms with Crippen molar-refractivity contribution >= 4 is 20.9 Å². The van der Waals surface area contributed by atoms with Gasteiger partial charge >= 0.3 is 0 Å². The van der Waals surface area contributed by atoms with Crippen LogP contribution in [0.3, 0.4) is 0 Å². The molecule has 5 nitrogen and oxygen atoms in total. The van der Waals surface area contributed by atoms with Crippen LogP contribution in [0.5, 0.6) is 5.75 Å². The summed E-state index contributed by atoms with van der Waals surface area (Å²) in [5, 5.41) is 12.2. The van der Waals surface area contributed by atoms with Gasteiger partial charge in [0.05, 0.1) is 23.2 Å². The number of para-hydroxylation sites is 1. The van der Waals surface area contributed by atoms with E-state index in [9.17, 15) is 13.5 Å². The van der Waals surface area contributed by atoms with Gasteiger partial charge in [0.2, 0.25) is 0 Å². The number of hydrogen-bond donors (Lipinski definition) is 1. The Morgan fingerprint density at radius 3 is 2.17 bits per heavy atom. The topological polar surface area (TPSA) is 68.5 Å². The monoisotopic (exact) mass is 407 g/mol. The molecule has 1 N–H and O–H groups in total. The molecule has 0 saturated heterocycles. The van der Waals surface area contributed by atoms with Crippen LogP contribution < -0.4 is 4.74 Å². The smallest absolute Gasteiger partial charge is 0.268 e. The lowest BCUT2D eigenvalue weighted by atomic mass is 9.92.